The molecule has 0 saturated carbocycles. The van der Waals surface area contributed by atoms with Crippen LogP contribution in [0.25, 0.3) is 0 Å². The van der Waals surface area contributed by atoms with Crippen molar-refractivity contribution in [3.63, 3.8) is 0 Å². The highest BCUT2D eigenvalue weighted by Crippen LogP contribution is 2.25. The molecule has 0 aliphatic heterocycles. The fourth-order valence-corrected chi connectivity index (χ4v) is 2.10. The molecule has 112 valence electrons. The van der Waals surface area contributed by atoms with Gasteiger partial charge in [0.15, 0.2) is 6.61 Å². The Hall–Kier alpha value is -1.55. The van der Waals surface area contributed by atoms with Gasteiger partial charge >= 0.3 is 0 Å². The second kappa shape index (κ2) is 7.29. The lowest BCUT2D eigenvalue weighted by Gasteiger charge is -2.17. The molecular formula is C16H26N2O2. The van der Waals surface area contributed by atoms with E-state index in [-0.39, 0.29) is 18.6 Å². The van der Waals surface area contributed by atoms with E-state index in [0.717, 1.165) is 29.7 Å². The van der Waals surface area contributed by atoms with Gasteiger partial charge in [-0.1, -0.05) is 19.1 Å². The van der Waals surface area contributed by atoms with Crippen LogP contribution in [0.3, 0.4) is 0 Å². The Balaban J connectivity index is 2.81. The molecule has 4 heteroatoms. The van der Waals surface area contributed by atoms with Crippen molar-refractivity contribution in [2.24, 2.45) is 5.73 Å². The van der Waals surface area contributed by atoms with E-state index < -0.39 is 0 Å². The summed E-state index contributed by atoms with van der Waals surface area (Å²) in [5.74, 6) is 0.759. The van der Waals surface area contributed by atoms with Crippen molar-refractivity contribution in [2.75, 3.05) is 20.7 Å². The van der Waals surface area contributed by atoms with Gasteiger partial charge in [0.1, 0.15) is 5.75 Å². The van der Waals surface area contributed by atoms with Gasteiger partial charge in [0.05, 0.1) is 0 Å². The fourth-order valence-electron chi connectivity index (χ4n) is 2.10. The molecule has 2 N–H and O–H groups in total. The molecule has 4 nitrogen and oxygen atoms in total. The van der Waals surface area contributed by atoms with Crippen LogP contribution in [-0.2, 0) is 11.2 Å². The first-order chi connectivity index (χ1) is 9.35. The number of hydrogen-bond donors (Lipinski definition) is 1. The van der Waals surface area contributed by atoms with E-state index in [0.29, 0.717) is 0 Å². The zero-order valence-corrected chi connectivity index (χ0v) is 13.2. The molecule has 0 saturated heterocycles. The number of likely N-dealkylation sites (N-methyl/N-ethyl adjacent to an activating group) is 1. The molecule has 0 radical (unpaired) electrons. The minimum Gasteiger partial charge on any atom is -0.483 e. The summed E-state index contributed by atoms with van der Waals surface area (Å²) in [6.45, 7) is 6.17. The average Bonchev–Trinajstić information content (AvgIpc) is 2.37. The Labute approximate surface area is 121 Å². The molecule has 0 spiro atoms. The minimum atomic E-state index is -0.0409. The summed E-state index contributed by atoms with van der Waals surface area (Å²) in [7, 11) is 3.45. The van der Waals surface area contributed by atoms with E-state index in [9.17, 15) is 4.79 Å². The van der Waals surface area contributed by atoms with Gasteiger partial charge in [-0.2, -0.15) is 0 Å². The number of carbonyl (C=O) groups is 1. The molecule has 0 aliphatic carbocycles. The van der Waals surface area contributed by atoms with Crippen LogP contribution >= 0.6 is 0 Å². The lowest BCUT2D eigenvalue weighted by Crippen LogP contribution is -2.27. The number of rotatable bonds is 6. The number of nitrogens with two attached hydrogens (primary N) is 1. The van der Waals surface area contributed by atoms with Gasteiger partial charge in [-0.05, 0) is 43.4 Å². The molecule has 20 heavy (non-hydrogen) atoms. The van der Waals surface area contributed by atoms with Gasteiger partial charge in [-0.25, -0.2) is 0 Å². The standard InChI is InChI=1S/C16H26N2O2/c1-6-14(17)9-13-7-11(2)16(12(3)8-13)20-10-15(19)18(4)5/h7-8,14H,6,9-10,17H2,1-5H3. The van der Waals surface area contributed by atoms with Crippen molar-refractivity contribution in [2.45, 2.75) is 39.7 Å². The number of hydrogen-bond acceptors (Lipinski definition) is 3. The van der Waals surface area contributed by atoms with Gasteiger partial charge in [0.2, 0.25) is 0 Å². The third-order valence-corrected chi connectivity index (χ3v) is 3.38. The first-order valence-electron chi connectivity index (χ1n) is 7.03. The van der Waals surface area contributed by atoms with E-state index in [1.54, 1.807) is 14.1 Å². The van der Waals surface area contributed by atoms with E-state index in [1.165, 1.54) is 10.5 Å². The predicted molar refractivity (Wildman–Crippen MR) is 82.1 cm³/mol. The molecule has 1 aromatic rings. The fraction of sp³-hybridized carbons (Fsp3) is 0.562. The maximum absolute atomic E-state index is 11.6. The van der Waals surface area contributed by atoms with Gasteiger partial charge in [-0.15, -0.1) is 0 Å². The molecule has 1 unspecified atom stereocenters. The highest BCUT2D eigenvalue weighted by Gasteiger charge is 2.11. The first kappa shape index (κ1) is 16.5. The van der Waals surface area contributed by atoms with Crippen molar-refractivity contribution < 1.29 is 9.53 Å². The van der Waals surface area contributed by atoms with Crippen molar-refractivity contribution in [1.29, 1.82) is 0 Å². The van der Waals surface area contributed by atoms with Gasteiger partial charge in [-0.3, -0.25) is 4.79 Å². The van der Waals surface area contributed by atoms with Crippen LogP contribution < -0.4 is 10.5 Å². The Bertz CT molecular complexity index is 447. The molecule has 1 atom stereocenters. The van der Waals surface area contributed by atoms with Crippen molar-refractivity contribution in [1.82, 2.24) is 4.90 Å². The Kier molecular flexibility index (Phi) is 6.02. The smallest absolute Gasteiger partial charge is 0.259 e. The highest BCUT2D eigenvalue weighted by molar-refractivity contribution is 5.77. The zero-order valence-electron chi connectivity index (χ0n) is 13.2. The maximum atomic E-state index is 11.6. The summed E-state index contributed by atoms with van der Waals surface area (Å²) in [5.41, 5.74) is 9.32. The summed E-state index contributed by atoms with van der Waals surface area (Å²) in [6.07, 6.45) is 1.84. The molecule has 1 amide bonds. The number of aryl methyl sites for hydroxylation is 2. The second-order valence-electron chi connectivity index (χ2n) is 5.51. The van der Waals surface area contributed by atoms with Crippen LogP contribution in [-0.4, -0.2) is 37.6 Å². The molecule has 0 bridgehead atoms. The number of benzene rings is 1. The zero-order chi connectivity index (χ0) is 15.3. The number of nitrogens with zero attached hydrogens (tertiary/aromatic N) is 1. The molecule has 0 aromatic heterocycles. The summed E-state index contributed by atoms with van der Waals surface area (Å²) < 4.78 is 5.65. The third-order valence-electron chi connectivity index (χ3n) is 3.38. The van der Waals surface area contributed by atoms with E-state index in [1.807, 2.05) is 13.8 Å². The van der Waals surface area contributed by atoms with Crippen LogP contribution in [0.4, 0.5) is 0 Å². The first-order valence-corrected chi connectivity index (χ1v) is 7.03. The normalized spacial score (nSPS) is 12.1. The molecular weight excluding hydrogens is 252 g/mol. The van der Waals surface area contributed by atoms with Crippen LogP contribution in [0.1, 0.15) is 30.0 Å². The Morgan fingerprint density at radius 2 is 1.85 bits per heavy atom. The predicted octanol–water partition coefficient (Wildman–Crippen LogP) is 2.05. The van der Waals surface area contributed by atoms with Crippen LogP contribution in [0, 0.1) is 13.8 Å². The molecule has 0 heterocycles. The van der Waals surface area contributed by atoms with Crippen LogP contribution in [0.5, 0.6) is 5.75 Å². The van der Waals surface area contributed by atoms with E-state index in [4.69, 9.17) is 10.5 Å². The lowest BCUT2D eigenvalue weighted by molar-refractivity contribution is -0.130. The Morgan fingerprint density at radius 1 is 1.30 bits per heavy atom. The monoisotopic (exact) mass is 278 g/mol. The van der Waals surface area contributed by atoms with Gasteiger partial charge in [0.25, 0.3) is 5.91 Å². The van der Waals surface area contributed by atoms with Crippen molar-refractivity contribution >= 4 is 5.91 Å². The maximum Gasteiger partial charge on any atom is 0.259 e. The SMILES string of the molecule is CCC(N)Cc1cc(C)c(OCC(=O)N(C)C)c(C)c1. The van der Waals surface area contributed by atoms with Crippen molar-refractivity contribution in [3.8, 4) is 5.75 Å². The average molecular weight is 278 g/mol. The summed E-state index contributed by atoms with van der Waals surface area (Å²) in [4.78, 5) is 13.1. The topological polar surface area (TPSA) is 55.6 Å². The van der Waals surface area contributed by atoms with Crippen molar-refractivity contribution in [3.05, 3.63) is 28.8 Å². The number of amides is 1. The highest BCUT2D eigenvalue weighted by atomic mass is 16.5. The molecule has 0 aliphatic rings. The van der Waals surface area contributed by atoms with E-state index >= 15 is 0 Å². The molecule has 1 rings (SSSR count). The summed E-state index contributed by atoms with van der Waals surface area (Å²) >= 11 is 0. The lowest BCUT2D eigenvalue weighted by atomic mass is 9.99. The van der Waals surface area contributed by atoms with Crippen LogP contribution in [0.2, 0.25) is 0 Å². The summed E-state index contributed by atoms with van der Waals surface area (Å²) in [6, 6.07) is 4.38. The summed E-state index contributed by atoms with van der Waals surface area (Å²) in [5, 5.41) is 0. The Morgan fingerprint density at radius 3 is 2.30 bits per heavy atom. The third kappa shape index (κ3) is 4.53. The van der Waals surface area contributed by atoms with Crippen LogP contribution in [0.15, 0.2) is 12.1 Å². The van der Waals surface area contributed by atoms with Gasteiger partial charge < -0.3 is 15.4 Å². The quantitative estimate of drug-likeness (QED) is 0.866. The molecule has 0 fully saturated rings. The minimum absolute atomic E-state index is 0.0409. The largest absolute Gasteiger partial charge is 0.483 e. The van der Waals surface area contributed by atoms with Gasteiger partial charge in [0, 0.05) is 20.1 Å². The van der Waals surface area contributed by atoms with E-state index in [2.05, 4.69) is 19.1 Å². The number of carbonyl (C=O) groups excluding carboxylic acids is 1. The number of ether oxygens (including phenoxy) is 1. The second-order valence-corrected chi connectivity index (χ2v) is 5.51. The molecule has 1 aromatic carbocycles.